The smallest absolute Gasteiger partial charge is 0.276 e. The Morgan fingerprint density at radius 3 is 2.12 bits per heavy atom. The number of halogens is 3. The SMILES string of the molecule is Cc1cc(Cl)ccc1OCC(=O)NNC(=O)COc1ccc(Br)cc1Cl. The lowest BCUT2D eigenvalue weighted by molar-refractivity contribution is -0.131. The molecule has 138 valence electrons. The molecule has 9 heteroatoms. The number of carbonyl (C=O) groups is 2. The van der Waals surface area contributed by atoms with Crippen molar-refractivity contribution in [2.24, 2.45) is 0 Å². The Morgan fingerprint density at radius 1 is 0.962 bits per heavy atom. The summed E-state index contributed by atoms with van der Waals surface area (Å²) >= 11 is 15.1. The van der Waals surface area contributed by atoms with Crippen LogP contribution in [0.5, 0.6) is 11.5 Å². The van der Waals surface area contributed by atoms with Crippen molar-refractivity contribution in [3.05, 3.63) is 56.5 Å². The molecule has 0 radical (unpaired) electrons. The van der Waals surface area contributed by atoms with E-state index in [1.54, 1.807) is 36.4 Å². The molecule has 26 heavy (non-hydrogen) atoms. The molecule has 2 N–H and O–H groups in total. The minimum absolute atomic E-state index is 0.262. The zero-order valence-corrected chi connectivity index (χ0v) is 16.7. The Kier molecular flexibility index (Phi) is 7.56. The van der Waals surface area contributed by atoms with Gasteiger partial charge in [-0.1, -0.05) is 39.1 Å². The molecule has 0 bridgehead atoms. The van der Waals surface area contributed by atoms with Crippen LogP contribution in [0.3, 0.4) is 0 Å². The summed E-state index contributed by atoms with van der Waals surface area (Å²) in [7, 11) is 0. The van der Waals surface area contributed by atoms with Crippen LogP contribution < -0.4 is 20.3 Å². The molecule has 0 saturated carbocycles. The molecule has 2 aromatic carbocycles. The number of carbonyl (C=O) groups excluding carboxylic acids is 2. The molecule has 0 aliphatic rings. The lowest BCUT2D eigenvalue weighted by Crippen LogP contribution is -2.45. The average molecular weight is 462 g/mol. The van der Waals surface area contributed by atoms with E-state index in [1.807, 2.05) is 6.92 Å². The molecule has 0 aliphatic heterocycles. The Bertz CT molecular complexity index is 750. The van der Waals surface area contributed by atoms with Crippen molar-refractivity contribution >= 4 is 50.9 Å². The van der Waals surface area contributed by atoms with Crippen molar-refractivity contribution in [2.45, 2.75) is 6.92 Å². The predicted molar refractivity (Wildman–Crippen MR) is 103 cm³/mol. The van der Waals surface area contributed by atoms with Crippen molar-refractivity contribution in [1.82, 2.24) is 10.9 Å². The third-order valence-corrected chi connectivity index (χ3v) is 4.11. The molecule has 0 saturated heterocycles. The van der Waals surface area contributed by atoms with Gasteiger partial charge >= 0.3 is 0 Å². The third kappa shape index (κ3) is 6.40. The van der Waals surface area contributed by atoms with E-state index in [-0.39, 0.29) is 13.2 Å². The van der Waals surface area contributed by atoms with E-state index in [1.165, 1.54) is 0 Å². The molecule has 2 amide bonds. The van der Waals surface area contributed by atoms with E-state index in [0.29, 0.717) is 21.5 Å². The summed E-state index contributed by atoms with van der Waals surface area (Å²) in [4.78, 5) is 23.4. The summed E-state index contributed by atoms with van der Waals surface area (Å²) in [6, 6.07) is 10.1. The first-order valence-electron chi connectivity index (χ1n) is 7.39. The second-order valence-electron chi connectivity index (χ2n) is 5.16. The highest BCUT2D eigenvalue weighted by atomic mass is 79.9. The minimum atomic E-state index is -0.542. The molecule has 2 aromatic rings. The Labute approximate surface area is 168 Å². The molecule has 0 fully saturated rings. The van der Waals surface area contributed by atoms with Crippen LogP contribution in [0.1, 0.15) is 5.56 Å². The number of amides is 2. The summed E-state index contributed by atoms with van der Waals surface area (Å²) < 4.78 is 11.4. The number of nitrogens with one attached hydrogen (secondary N) is 2. The van der Waals surface area contributed by atoms with Gasteiger partial charge in [0.1, 0.15) is 11.5 Å². The van der Waals surface area contributed by atoms with Gasteiger partial charge in [0.2, 0.25) is 0 Å². The molecule has 0 spiro atoms. The maximum atomic E-state index is 11.7. The second kappa shape index (κ2) is 9.66. The van der Waals surface area contributed by atoms with Gasteiger partial charge in [0.15, 0.2) is 13.2 Å². The molecule has 0 aromatic heterocycles. The average Bonchev–Trinajstić information content (AvgIpc) is 2.58. The number of ether oxygens (including phenoxy) is 2. The molecule has 6 nitrogen and oxygen atoms in total. The van der Waals surface area contributed by atoms with Gasteiger partial charge in [-0.25, -0.2) is 0 Å². The zero-order valence-electron chi connectivity index (χ0n) is 13.6. The molecular formula is C17H15BrCl2N2O4. The monoisotopic (exact) mass is 460 g/mol. The fourth-order valence-corrected chi connectivity index (χ4v) is 2.82. The summed E-state index contributed by atoms with van der Waals surface area (Å²) in [6.45, 7) is 1.24. The number of rotatable bonds is 6. The predicted octanol–water partition coefficient (Wildman–Crippen LogP) is 3.67. The lowest BCUT2D eigenvalue weighted by Gasteiger charge is -2.11. The fraction of sp³-hybridized carbons (Fsp3) is 0.176. The first kappa shape index (κ1) is 20.4. The normalized spacial score (nSPS) is 10.2. The van der Waals surface area contributed by atoms with Gasteiger partial charge in [0.05, 0.1) is 5.02 Å². The van der Waals surface area contributed by atoms with E-state index in [9.17, 15) is 9.59 Å². The highest BCUT2D eigenvalue weighted by molar-refractivity contribution is 9.10. The van der Waals surface area contributed by atoms with Gasteiger partial charge in [0.25, 0.3) is 11.8 Å². The molecule has 0 aliphatic carbocycles. The van der Waals surface area contributed by atoms with Crippen LogP contribution >= 0.6 is 39.1 Å². The summed E-state index contributed by atoms with van der Waals surface area (Å²) in [6.07, 6.45) is 0. The largest absolute Gasteiger partial charge is 0.483 e. The van der Waals surface area contributed by atoms with Crippen molar-refractivity contribution < 1.29 is 19.1 Å². The van der Waals surface area contributed by atoms with Crippen LogP contribution in [0.25, 0.3) is 0 Å². The minimum Gasteiger partial charge on any atom is -0.483 e. The fourth-order valence-electron chi connectivity index (χ4n) is 1.87. The van der Waals surface area contributed by atoms with Gasteiger partial charge in [-0.3, -0.25) is 20.4 Å². The van der Waals surface area contributed by atoms with Crippen molar-refractivity contribution in [3.63, 3.8) is 0 Å². The van der Waals surface area contributed by atoms with Crippen LogP contribution in [-0.4, -0.2) is 25.0 Å². The summed E-state index contributed by atoms with van der Waals surface area (Å²) in [5.74, 6) is -0.170. The summed E-state index contributed by atoms with van der Waals surface area (Å²) in [5.41, 5.74) is 5.26. The quantitative estimate of drug-likeness (QED) is 0.643. The van der Waals surface area contributed by atoms with Gasteiger partial charge in [-0.2, -0.15) is 0 Å². The Morgan fingerprint density at radius 2 is 1.54 bits per heavy atom. The maximum absolute atomic E-state index is 11.7. The Balaban J connectivity index is 1.72. The van der Waals surface area contributed by atoms with E-state index in [0.717, 1.165) is 10.0 Å². The second-order valence-corrected chi connectivity index (χ2v) is 6.92. The van der Waals surface area contributed by atoms with Crippen molar-refractivity contribution in [1.29, 1.82) is 0 Å². The van der Waals surface area contributed by atoms with Gasteiger partial charge in [-0.05, 0) is 48.9 Å². The van der Waals surface area contributed by atoms with Gasteiger partial charge in [-0.15, -0.1) is 0 Å². The maximum Gasteiger partial charge on any atom is 0.276 e. The van der Waals surface area contributed by atoms with Crippen molar-refractivity contribution in [3.8, 4) is 11.5 Å². The highest BCUT2D eigenvalue weighted by Gasteiger charge is 2.09. The molecule has 0 unspecified atom stereocenters. The van der Waals surface area contributed by atoms with Crippen LogP contribution in [0.15, 0.2) is 40.9 Å². The van der Waals surface area contributed by atoms with Crippen LogP contribution in [0.2, 0.25) is 10.0 Å². The standard InChI is InChI=1S/C17H15BrCl2N2O4/c1-10-6-12(19)3-5-14(10)25-8-16(23)21-22-17(24)9-26-15-4-2-11(18)7-13(15)20/h2-7H,8-9H2,1H3,(H,21,23)(H,22,24). The topological polar surface area (TPSA) is 76.7 Å². The van der Waals surface area contributed by atoms with Crippen LogP contribution in [0, 0.1) is 6.92 Å². The molecule has 0 heterocycles. The van der Waals surface area contributed by atoms with E-state index >= 15 is 0 Å². The number of hydrogen-bond acceptors (Lipinski definition) is 4. The third-order valence-electron chi connectivity index (χ3n) is 3.09. The van der Waals surface area contributed by atoms with E-state index in [2.05, 4.69) is 26.8 Å². The number of hydrogen-bond donors (Lipinski definition) is 2. The lowest BCUT2D eigenvalue weighted by atomic mass is 10.2. The van der Waals surface area contributed by atoms with E-state index < -0.39 is 11.8 Å². The zero-order chi connectivity index (χ0) is 19.1. The first-order chi connectivity index (χ1) is 12.3. The van der Waals surface area contributed by atoms with Gasteiger partial charge in [0, 0.05) is 9.50 Å². The van der Waals surface area contributed by atoms with Gasteiger partial charge < -0.3 is 9.47 Å². The number of aryl methyl sites for hydroxylation is 1. The first-order valence-corrected chi connectivity index (χ1v) is 8.94. The highest BCUT2D eigenvalue weighted by Crippen LogP contribution is 2.27. The summed E-state index contributed by atoms with van der Waals surface area (Å²) in [5, 5.41) is 0.945. The molecule has 2 rings (SSSR count). The molecule has 0 atom stereocenters. The van der Waals surface area contributed by atoms with Crippen molar-refractivity contribution in [2.75, 3.05) is 13.2 Å². The Hall–Kier alpha value is -1.96. The van der Waals surface area contributed by atoms with E-state index in [4.69, 9.17) is 32.7 Å². The number of benzene rings is 2. The van der Waals surface area contributed by atoms with Crippen LogP contribution in [-0.2, 0) is 9.59 Å². The molecular weight excluding hydrogens is 447 g/mol. The van der Waals surface area contributed by atoms with Crippen LogP contribution in [0.4, 0.5) is 0 Å². The number of hydrazine groups is 1.